The first-order valence-electron chi connectivity index (χ1n) is 5.38. The summed E-state index contributed by atoms with van der Waals surface area (Å²) in [5.41, 5.74) is 0.0201. The second kappa shape index (κ2) is 4.79. The molecule has 0 unspecified atom stereocenters. The first-order chi connectivity index (χ1) is 8.88. The molecule has 2 aromatic rings. The van der Waals surface area contributed by atoms with Gasteiger partial charge < -0.3 is 0 Å². The topological polar surface area (TPSA) is 42.9 Å². The second-order valence-corrected chi connectivity index (χ2v) is 3.92. The number of Topliss-reactive ketones (excluding diaryl/α,β-unsaturated/α-hetero) is 1. The molecule has 0 N–H and O–H groups in total. The normalized spacial score (nSPS) is 11.4. The predicted octanol–water partition coefficient (Wildman–Crippen LogP) is 3.37. The molecule has 3 nitrogen and oxygen atoms in total. The van der Waals surface area contributed by atoms with E-state index >= 15 is 0 Å². The van der Waals surface area contributed by atoms with E-state index in [1.807, 2.05) is 0 Å². The molecule has 0 aliphatic rings. The number of ketones is 1. The van der Waals surface area contributed by atoms with Crippen LogP contribution in [0.5, 0.6) is 0 Å². The van der Waals surface area contributed by atoms with E-state index in [0.717, 1.165) is 12.1 Å². The lowest BCUT2D eigenvalue weighted by Gasteiger charge is -2.08. The summed E-state index contributed by atoms with van der Waals surface area (Å²) in [7, 11) is 0. The van der Waals surface area contributed by atoms with Gasteiger partial charge in [-0.3, -0.25) is 9.78 Å². The number of halogens is 3. The van der Waals surface area contributed by atoms with Crippen LogP contribution in [0, 0.1) is 0 Å². The van der Waals surface area contributed by atoms with E-state index in [2.05, 4.69) is 9.97 Å². The smallest absolute Gasteiger partial charge is 0.293 e. The summed E-state index contributed by atoms with van der Waals surface area (Å²) in [6.07, 6.45) is -1.87. The van der Waals surface area contributed by atoms with Crippen molar-refractivity contribution in [3.63, 3.8) is 0 Å². The summed E-state index contributed by atoms with van der Waals surface area (Å²) in [5.74, 6) is -0.247. The molecule has 1 aromatic heterocycles. The van der Waals surface area contributed by atoms with Crippen LogP contribution in [0.4, 0.5) is 13.2 Å². The zero-order chi connectivity index (χ0) is 14.0. The lowest BCUT2D eigenvalue weighted by molar-refractivity contribution is -0.137. The fourth-order valence-corrected chi connectivity index (χ4v) is 1.51. The van der Waals surface area contributed by atoms with Crippen LogP contribution in [-0.4, -0.2) is 15.8 Å². The van der Waals surface area contributed by atoms with Crippen LogP contribution in [0.25, 0.3) is 11.3 Å². The zero-order valence-corrected chi connectivity index (χ0v) is 9.90. The third kappa shape index (κ3) is 2.96. The van der Waals surface area contributed by atoms with E-state index in [9.17, 15) is 18.0 Å². The van der Waals surface area contributed by atoms with Gasteiger partial charge in [-0.1, -0.05) is 12.1 Å². The Kier molecular flexibility index (Phi) is 3.33. The molecular formula is C13H9F3N2O. The SMILES string of the molecule is CC(=O)c1cnc(-c2cccc(C(F)(F)F)c2)cn1. The first kappa shape index (κ1) is 13.2. The van der Waals surface area contributed by atoms with E-state index < -0.39 is 11.7 Å². The Labute approximate surface area is 107 Å². The van der Waals surface area contributed by atoms with Crippen molar-refractivity contribution in [2.24, 2.45) is 0 Å². The van der Waals surface area contributed by atoms with Gasteiger partial charge in [0.05, 0.1) is 23.7 Å². The third-order valence-electron chi connectivity index (χ3n) is 2.50. The number of hydrogen-bond donors (Lipinski definition) is 0. The fraction of sp³-hybridized carbons (Fsp3) is 0.154. The molecule has 0 aliphatic carbocycles. The van der Waals surface area contributed by atoms with E-state index in [0.29, 0.717) is 5.56 Å². The van der Waals surface area contributed by atoms with Gasteiger partial charge in [0.1, 0.15) is 5.69 Å². The molecule has 1 heterocycles. The Bertz CT molecular complexity index is 606. The Morgan fingerprint density at radius 2 is 1.89 bits per heavy atom. The number of carbonyl (C=O) groups is 1. The number of aromatic nitrogens is 2. The minimum absolute atomic E-state index is 0.177. The quantitative estimate of drug-likeness (QED) is 0.783. The molecule has 6 heteroatoms. The maximum Gasteiger partial charge on any atom is 0.416 e. The molecule has 0 amide bonds. The maximum atomic E-state index is 12.6. The van der Waals surface area contributed by atoms with Gasteiger partial charge in [0.25, 0.3) is 0 Å². The van der Waals surface area contributed by atoms with Crippen molar-refractivity contribution < 1.29 is 18.0 Å². The second-order valence-electron chi connectivity index (χ2n) is 3.92. The Balaban J connectivity index is 2.39. The van der Waals surface area contributed by atoms with Gasteiger partial charge in [-0.15, -0.1) is 0 Å². The average molecular weight is 266 g/mol. The Morgan fingerprint density at radius 3 is 2.42 bits per heavy atom. The molecule has 0 bridgehead atoms. The number of nitrogens with zero attached hydrogens (tertiary/aromatic N) is 2. The van der Waals surface area contributed by atoms with Crippen LogP contribution in [0.15, 0.2) is 36.7 Å². The standard InChI is InChI=1S/C13H9F3N2O/c1-8(19)11-6-18-12(7-17-11)9-3-2-4-10(5-9)13(14,15)16/h2-7H,1H3. The number of rotatable bonds is 2. The van der Waals surface area contributed by atoms with Gasteiger partial charge in [0.2, 0.25) is 0 Å². The fourth-order valence-electron chi connectivity index (χ4n) is 1.51. The summed E-state index contributed by atoms with van der Waals surface area (Å²) in [6.45, 7) is 1.34. The van der Waals surface area contributed by atoms with Gasteiger partial charge in [0.15, 0.2) is 5.78 Å². The van der Waals surface area contributed by atoms with Crippen LogP contribution in [0.1, 0.15) is 23.0 Å². The molecule has 0 fully saturated rings. The molecule has 2 rings (SSSR count). The summed E-state index contributed by atoms with van der Waals surface area (Å²) in [6, 6.07) is 4.80. The molecule has 19 heavy (non-hydrogen) atoms. The molecule has 0 radical (unpaired) electrons. The van der Waals surface area contributed by atoms with Gasteiger partial charge in [0, 0.05) is 12.5 Å². The van der Waals surface area contributed by atoms with Crippen LogP contribution in [0.3, 0.4) is 0 Å². The van der Waals surface area contributed by atoms with Gasteiger partial charge in [-0.05, 0) is 12.1 Å². The monoisotopic (exact) mass is 266 g/mol. The van der Waals surface area contributed by atoms with Crippen LogP contribution >= 0.6 is 0 Å². The van der Waals surface area contributed by atoms with E-state index in [4.69, 9.17) is 0 Å². The van der Waals surface area contributed by atoms with E-state index in [1.54, 1.807) is 0 Å². The third-order valence-corrected chi connectivity index (χ3v) is 2.50. The van der Waals surface area contributed by atoms with Gasteiger partial charge >= 0.3 is 6.18 Å². The Morgan fingerprint density at radius 1 is 1.16 bits per heavy atom. The highest BCUT2D eigenvalue weighted by Gasteiger charge is 2.30. The summed E-state index contributed by atoms with van der Waals surface area (Å²) >= 11 is 0. The van der Waals surface area contributed by atoms with Crippen molar-refractivity contribution in [1.82, 2.24) is 9.97 Å². The number of benzene rings is 1. The molecule has 0 aliphatic heterocycles. The molecule has 0 spiro atoms. The lowest BCUT2D eigenvalue weighted by atomic mass is 10.1. The molecule has 1 aromatic carbocycles. The minimum Gasteiger partial charge on any atom is -0.293 e. The summed E-state index contributed by atoms with van der Waals surface area (Å²) in [4.78, 5) is 18.8. The molecule has 0 atom stereocenters. The van der Waals surface area contributed by atoms with Crippen molar-refractivity contribution in [2.45, 2.75) is 13.1 Å². The van der Waals surface area contributed by atoms with E-state index in [1.165, 1.54) is 31.5 Å². The van der Waals surface area contributed by atoms with Crippen molar-refractivity contribution in [3.8, 4) is 11.3 Å². The van der Waals surface area contributed by atoms with Crippen molar-refractivity contribution in [3.05, 3.63) is 47.9 Å². The Hall–Kier alpha value is -2.24. The van der Waals surface area contributed by atoms with Crippen molar-refractivity contribution in [2.75, 3.05) is 0 Å². The molecule has 0 saturated heterocycles. The maximum absolute atomic E-state index is 12.6. The predicted molar refractivity (Wildman–Crippen MR) is 62.5 cm³/mol. The zero-order valence-electron chi connectivity index (χ0n) is 9.90. The van der Waals surface area contributed by atoms with E-state index in [-0.39, 0.29) is 17.2 Å². The highest BCUT2D eigenvalue weighted by molar-refractivity contribution is 5.91. The first-order valence-corrected chi connectivity index (χ1v) is 5.38. The number of alkyl halides is 3. The average Bonchev–Trinajstić information content (AvgIpc) is 2.38. The van der Waals surface area contributed by atoms with Crippen molar-refractivity contribution >= 4 is 5.78 Å². The number of carbonyl (C=O) groups excluding carboxylic acids is 1. The van der Waals surface area contributed by atoms with Gasteiger partial charge in [-0.2, -0.15) is 13.2 Å². The molecule has 98 valence electrons. The summed E-state index contributed by atoms with van der Waals surface area (Å²) in [5, 5.41) is 0. The van der Waals surface area contributed by atoms with Crippen LogP contribution in [0.2, 0.25) is 0 Å². The van der Waals surface area contributed by atoms with Crippen LogP contribution < -0.4 is 0 Å². The minimum atomic E-state index is -4.40. The largest absolute Gasteiger partial charge is 0.416 e. The molecular weight excluding hydrogens is 257 g/mol. The number of hydrogen-bond acceptors (Lipinski definition) is 3. The highest BCUT2D eigenvalue weighted by atomic mass is 19.4. The lowest BCUT2D eigenvalue weighted by Crippen LogP contribution is -2.05. The summed E-state index contributed by atoms with van der Waals surface area (Å²) < 4.78 is 37.7. The van der Waals surface area contributed by atoms with Crippen molar-refractivity contribution in [1.29, 1.82) is 0 Å². The van der Waals surface area contributed by atoms with Crippen LogP contribution in [-0.2, 0) is 6.18 Å². The highest BCUT2D eigenvalue weighted by Crippen LogP contribution is 2.31. The van der Waals surface area contributed by atoms with Gasteiger partial charge in [-0.25, -0.2) is 4.98 Å². The molecule has 0 saturated carbocycles.